The third kappa shape index (κ3) is 33.6. The van der Waals surface area contributed by atoms with Crippen LogP contribution in [0.15, 0.2) is 0 Å². The van der Waals surface area contributed by atoms with Gasteiger partial charge in [-0.25, -0.2) is 4.79 Å². The lowest BCUT2D eigenvalue weighted by atomic mass is 10.0. The average molecular weight is 638 g/mol. The quantitative estimate of drug-likeness (QED) is 0.0526. The summed E-state index contributed by atoms with van der Waals surface area (Å²) < 4.78 is 5.43. The van der Waals surface area contributed by atoms with Crippen molar-refractivity contribution in [2.75, 3.05) is 6.61 Å². The minimum absolute atomic E-state index is 0.0668. The average Bonchev–Trinajstić information content (AvgIpc) is 3.02. The van der Waals surface area contributed by atoms with Gasteiger partial charge in [0, 0.05) is 12.8 Å². The highest BCUT2D eigenvalue weighted by atomic mass is 16.5. The number of nitrogens with one attached hydrogen (secondary N) is 1. The van der Waals surface area contributed by atoms with E-state index < -0.39 is 18.0 Å². The maximum atomic E-state index is 12.6. The van der Waals surface area contributed by atoms with E-state index in [1.54, 1.807) is 0 Å². The molecule has 0 aromatic heterocycles. The topological polar surface area (TPSA) is 92.7 Å². The molecule has 0 rings (SSSR count). The lowest BCUT2D eigenvalue weighted by molar-refractivity contribution is -0.148. The Hall–Kier alpha value is -1.59. The normalized spacial score (nSPS) is 11.9. The van der Waals surface area contributed by atoms with Crippen molar-refractivity contribution in [3.05, 3.63) is 0 Å². The van der Waals surface area contributed by atoms with E-state index in [-0.39, 0.29) is 18.7 Å². The number of carboxylic acid groups (broad SMARTS) is 1. The number of ether oxygens (including phenoxy) is 1. The molecule has 6 nitrogen and oxygen atoms in total. The number of carboxylic acids is 1. The largest absolute Gasteiger partial charge is 0.481 e. The molecule has 0 radical (unpaired) electrons. The van der Waals surface area contributed by atoms with Crippen molar-refractivity contribution in [2.24, 2.45) is 0 Å². The van der Waals surface area contributed by atoms with Gasteiger partial charge in [-0.15, -0.1) is 0 Å². The minimum Gasteiger partial charge on any atom is -0.481 e. The molecular formula is C39H75NO5. The Bertz CT molecular complexity index is 668. The van der Waals surface area contributed by atoms with Crippen LogP contribution >= 0.6 is 0 Å². The summed E-state index contributed by atoms with van der Waals surface area (Å²) in [6.45, 7) is 4.85. The van der Waals surface area contributed by atoms with Crippen LogP contribution in [0.25, 0.3) is 0 Å². The lowest BCUT2D eigenvalue weighted by Crippen LogP contribution is -2.42. The Balaban J connectivity index is 3.78. The number of carbonyl (C=O) groups is 3. The van der Waals surface area contributed by atoms with Crippen molar-refractivity contribution >= 4 is 17.8 Å². The van der Waals surface area contributed by atoms with Crippen LogP contribution in [0.3, 0.4) is 0 Å². The van der Waals surface area contributed by atoms with Crippen molar-refractivity contribution in [3.8, 4) is 0 Å². The van der Waals surface area contributed by atoms with E-state index in [4.69, 9.17) is 9.84 Å². The third-order valence-electron chi connectivity index (χ3n) is 9.02. The van der Waals surface area contributed by atoms with Gasteiger partial charge in [-0.05, 0) is 19.3 Å². The molecule has 0 saturated carbocycles. The first-order valence-corrected chi connectivity index (χ1v) is 19.7. The fourth-order valence-electron chi connectivity index (χ4n) is 6.01. The smallest absolute Gasteiger partial charge is 0.328 e. The van der Waals surface area contributed by atoms with Crippen LogP contribution in [0.4, 0.5) is 0 Å². The summed E-state index contributed by atoms with van der Waals surface area (Å²) in [6.07, 6.45) is 37.2. The van der Waals surface area contributed by atoms with Gasteiger partial charge in [0.1, 0.15) is 6.04 Å². The van der Waals surface area contributed by atoms with Crippen LogP contribution in [0, 0.1) is 0 Å². The van der Waals surface area contributed by atoms with E-state index in [1.165, 1.54) is 148 Å². The predicted molar refractivity (Wildman–Crippen MR) is 190 cm³/mol. The number of carbonyl (C=O) groups excluding carboxylic acids is 2. The molecule has 6 heteroatoms. The molecule has 266 valence electrons. The van der Waals surface area contributed by atoms with Crippen molar-refractivity contribution in [1.29, 1.82) is 0 Å². The molecule has 2 N–H and O–H groups in total. The van der Waals surface area contributed by atoms with Crippen molar-refractivity contribution in [1.82, 2.24) is 5.32 Å². The van der Waals surface area contributed by atoms with Gasteiger partial charge in [-0.1, -0.05) is 187 Å². The van der Waals surface area contributed by atoms with Gasteiger partial charge in [0.25, 0.3) is 0 Å². The highest BCUT2D eigenvalue weighted by Gasteiger charge is 2.23. The summed E-state index contributed by atoms with van der Waals surface area (Å²) in [5, 5.41) is 11.8. The van der Waals surface area contributed by atoms with Gasteiger partial charge < -0.3 is 15.2 Å². The molecule has 45 heavy (non-hydrogen) atoms. The molecule has 1 atom stereocenters. The van der Waals surface area contributed by atoms with E-state index >= 15 is 0 Å². The summed E-state index contributed by atoms with van der Waals surface area (Å²) in [5.41, 5.74) is 0. The summed E-state index contributed by atoms with van der Waals surface area (Å²) in [5.74, 6) is -1.67. The fraction of sp³-hybridized carbons (Fsp3) is 0.923. The molecule has 0 aliphatic heterocycles. The molecule has 1 amide bonds. The van der Waals surface area contributed by atoms with Crippen molar-refractivity contribution < 1.29 is 24.2 Å². The molecular weight excluding hydrogens is 562 g/mol. The number of hydrogen-bond acceptors (Lipinski definition) is 4. The summed E-state index contributed by atoms with van der Waals surface area (Å²) >= 11 is 0. The van der Waals surface area contributed by atoms with Crippen molar-refractivity contribution in [2.45, 2.75) is 225 Å². The number of amides is 1. The molecule has 0 fully saturated rings. The minimum atomic E-state index is -0.976. The molecule has 0 aliphatic rings. The maximum absolute atomic E-state index is 12.6. The summed E-state index contributed by atoms with van der Waals surface area (Å²) in [6, 6.07) is -0.878. The lowest BCUT2D eigenvalue weighted by Gasteiger charge is -2.17. The molecule has 0 spiro atoms. The van der Waals surface area contributed by atoms with Crippen LogP contribution in [-0.2, 0) is 19.1 Å². The van der Waals surface area contributed by atoms with Crippen molar-refractivity contribution in [3.63, 3.8) is 0 Å². The maximum Gasteiger partial charge on any atom is 0.328 e. The van der Waals surface area contributed by atoms with Crippen LogP contribution in [0.1, 0.15) is 219 Å². The van der Waals surface area contributed by atoms with E-state index in [2.05, 4.69) is 19.2 Å². The molecule has 0 unspecified atom stereocenters. The summed E-state index contributed by atoms with van der Waals surface area (Å²) in [4.78, 5) is 36.1. The van der Waals surface area contributed by atoms with Gasteiger partial charge in [-0.3, -0.25) is 9.59 Å². The number of rotatable bonds is 36. The molecule has 0 bridgehead atoms. The Kier molecular flexibility index (Phi) is 34.0. The Morgan fingerprint density at radius 1 is 0.489 bits per heavy atom. The molecule has 0 aromatic carbocycles. The standard InChI is InChI=1S/C39H75NO5/c1-3-5-7-9-11-13-15-16-17-18-19-20-21-23-25-27-29-31-35-45-39(44)36(33-34-38(42)43)40-37(41)32-30-28-26-24-22-14-12-10-8-6-4-2/h36H,3-35H2,1-2H3,(H,40,41)(H,42,43)/t36-/m0/s1. The van der Waals surface area contributed by atoms with Gasteiger partial charge >= 0.3 is 11.9 Å². The van der Waals surface area contributed by atoms with Crippen LogP contribution in [-0.4, -0.2) is 35.6 Å². The monoisotopic (exact) mass is 638 g/mol. The van der Waals surface area contributed by atoms with E-state index in [0.717, 1.165) is 38.5 Å². The fourth-order valence-corrected chi connectivity index (χ4v) is 6.01. The second kappa shape index (κ2) is 35.3. The predicted octanol–water partition coefficient (Wildman–Crippen LogP) is 11.6. The Morgan fingerprint density at radius 3 is 1.18 bits per heavy atom. The zero-order valence-electron chi connectivity index (χ0n) is 30.0. The summed E-state index contributed by atoms with van der Waals surface area (Å²) in [7, 11) is 0. The molecule has 0 aromatic rings. The number of esters is 1. The van der Waals surface area contributed by atoms with Gasteiger partial charge in [0.05, 0.1) is 6.61 Å². The first-order chi connectivity index (χ1) is 22.0. The second-order valence-electron chi connectivity index (χ2n) is 13.5. The molecule has 0 saturated heterocycles. The molecule has 0 aliphatic carbocycles. The highest BCUT2D eigenvalue weighted by Crippen LogP contribution is 2.15. The van der Waals surface area contributed by atoms with Gasteiger partial charge in [0.2, 0.25) is 5.91 Å². The van der Waals surface area contributed by atoms with E-state index in [0.29, 0.717) is 13.0 Å². The highest BCUT2D eigenvalue weighted by molar-refractivity contribution is 5.84. The van der Waals surface area contributed by atoms with Crippen LogP contribution in [0.5, 0.6) is 0 Å². The van der Waals surface area contributed by atoms with Gasteiger partial charge in [0.15, 0.2) is 0 Å². The Morgan fingerprint density at radius 2 is 0.822 bits per heavy atom. The SMILES string of the molecule is CCCCCCCCCCCCCCCCCCCCOC(=O)[C@H](CCC(=O)O)NC(=O)CCCCCCCCCCCCC. The third-order valence-corrected chi connectivity index (χ3v) is 9.02. The zero-order chi connectivity index (χ0) is 33.1. The zero-order valence-corrected chi connectivity index (χ0v) is 30.0. The first-order valence-electron chi connectivity index (χ1n) is 19.7. The number of aliphatic carboxylic acids is 1. The van der Waals surface area contributed by atoms with E-state index in [1.807, 2.05) is 0 Å². The van der Waals surface area contributed by atoms with Crippen LogP contribution in [0.2, 0.25) is 0 Å². The first kappa shape index (κ1) is 43.4. The molecule has 0 heterocycles. The van der Waals surface area contributed by atoms with Crippen LogP contribution < -0.4 is 5.32 Å². The number of hydrogen-bond donors (Lipinski definition) is 2. The number of unbranched alkanes of at least 4 members (excludes halogenated alkanes) is 27. The second-order valence-corrected chi connectivity index (χ2v) is 13.5. The van der Waals surface area contributed by atoms with E-state index in [9.17, 15) is 14.4 Å². The van der Waals surface area contributed by atoms with Gasteiger partial charge in [-0.2, -0.15) is 0 Å². The Labute approximate surface area is 279 Å².